The molecule has 0 saturated carbocycles. The van der Waals surface area contributed by atoms with E-state index in [9.17, 15) is 14.4 Å². The van der Waals surface area contributed by atoms with Crippen LogP contribution in [-0.2, 0) is 14.4 Å². The summed E-state index contributed by atoms with van der Waals surface area (Å²) in [5.41, 5.74) is 0. The maximum absolute atomic E-state index is 11.8. The molecule has 1 saturated heterocycles. The molecular formula is C11H18N2O4. The molecule has 0 spiro atoms. The second kappa shape index (κ2) is 5.77. The molecule has 2 N–H and O–H groups in total. The number of piperazine rings is 1. The van der Waals surface area contributed by atoms with Crippen LogP contribution in [0.4, 0.5) is 0 Å². The highest BCUT2D eigenvalue weighted by atomic mass is 16.3. The molecule has 17 heavy (non-hydrogen) atoms. The van der Waals surface area contributed by atoms with Gasteiger partial charge in [-0.05, 0) is 19.8 Å². The smallest absolute Gasteiger partial charge is 0.249 e. The number of rotatable bonds is 4. The van der Waals surface area contributed by atoms with Crippen molar-refractivity contribution >= 4 is 17.7 Å². The van der Waals surface area contributed by atoms with E-state index >= 15 is 0 Å². The lowest BCUT2D eigenvalue weighted by Crippen LogP contribution is -2.59. The highest BCUT2D eigenvalue weighted by Gasteiger charge is 2.35. The van der Waals surface area contributed by atoms with Crippen molar-refractivity contribution in [2.24, 2.45) is 0 Å². The fraction of sp³-hybridized carbons (Fsp3) is 0.727. The summed E-state index contributed by atoms with van der Waals surface area (Å²) in [5, 5.41) is 11.3. The van der Waals surface area contributed by atoms with Gasteiger partial charge in [-0.15, -0.1) is 0 Å². The van der Waals surface area contributed by atoms with Crippen molar-refractivity contribution in [2.45, 2.75) is 45.3 Å². The van der Waals surface area contributed by atoms with E-state index in [1.165, 1.54) is 4.90 Å². The molecule has 2 unspecified atom stereocenters. The molecule has 0 bridgehead atoms. The Kier molecular flexibility index (Phi) is 4.62. The average molecular weight is 242 g/mol. The minimum atomic E-state index is -0.575. The van der Waals surface area contributed by atoms with Crippen molar-refractivity contribution in [3.05, 3.63) is 0 Å². The van der Waals surface area contributed by atoms with Gasteiger partial charge >= 0.3 is 0 Å². The van der Waals surface area contributed by atoms with E-state index < -0.39 is 24.0 Å². The summed E-state index contributed by atoms with van der Waals surface area (Å²) in [6.45, 7) is 3.30. The second-order valence-electron chi connectivity index (χ2n) is 4.25. The number of hydrogen-bond donors (Lipinski definition) is 2. The molecule has 0 aliphatic carbocycles. The van der Waals surface area contributed by atoms with Crippen LogP contribution < -0.4 is 5.32 Å². The van der Waals surface area contributed by atoms with Crippen molar-refractivity contribution in [3.63, 3.8) is 0 Å². The molecule has 1 fully saturated rings. The molecule has 1 aliphatic heterocycles. The lowest BCUT2D eigenvalue weighted by atomic mass is 10.1. The number of aliphatic hydroxyl groups is 1. The SMILES string of the molecule is CCC1C(=O)NC(=O)CN1C(=O)CCC(C)O. The minimum Gasteiger partial charge on any atom is -0.393 e. The molecule has 1 aliphatic rings. The van der Waals surface area contributed by atoms with Gasteiger partial charge in [-0.1, -0.05) is 6.92 Å². The van der Waals surface area contributed by atoms with Gasteiger partial charge < -0.3 is 10.0 Å². The zero-order valence-electron chi connectivity index (χ0n) is 10.1. The second-order valence-corrected chi connectivity index (χ2v) is 4.25. The monoisotopic (exact) mass is 242 g/mol. The van der Waals surface area contributed by atoms with Gasteiger partial charge in [0.2, 0.25) is 17.7 Å². The van der Waals surface area contributed by atoms with E-state index in [0.717, 1.165) is 0 Å². The van der Waals surface area contributed by atoms with Crippen LogP contribution in [0, 0.1) is 0 Å². The van der Waals surface area contributed by atoms with Gasteiger partial charge in [0.15, 0.2) is 0 Å². The van der Waals surface area contributed by atoms with Crippen molar-refractivity contribution < 1.29 is 19.5 Å². The van der Waals surface area contributed by atoms with Gasteiger partial charge in [-0.2, -0.15) is 0 Å². The molecule has 1 heterocycles. The Morgan fingerprint density at radius 2 is 2.24 bits per heavy atom. The first-order valence-electron chi connectivity index (χ1n) is 5.77. The van der Waals surface area contributed by atoms with Crippen LogP contribution >= 0.6 is 0 Å². The fourth-order valence-corrected chi connectivity index (χ4v) is 1.81. The van der Waals surface area contributed by atoms with E-state index in [0.29, 0.717) is 12.8 Å². The van der Waals surface area contributed by atoms with Crippen molar-refractivity contribution in [1.29, 1.82) is 0 Å². The van der Waals surface area contributed by atoms with E-state index in [2.05, 4.69) is 5.32 Å². The number of carbonyl (C=O) groups is 3. The molecule has 0 aromatic carbocycles. The quantitative estimate of drug-likeness (QED) is 0.645. The Morgan fingerprint density at radius 3 is 2.76 bits per heavy atom. The van der Waals surface area contributed by atoms with Crippen LogP contribution in [0.2, 0.25) is 0 Å². The van der Waals surface area contributed by atoms with Gasteiger partial charge in [-0.3, -0.25) is 19.7 Å². The van der Waals surface area contributed by atoms with Gasteiger partial charge in [0, 0.05) is 6.42 Å². The summed E-state index contributed by atoms with van der Waals surface area (Å²) in [6.07, 6.45) is 0.392. The van der Waals surface area contributed by atoms with E-state index in [1.807, 2.05) is 0 Å². The third-order valence-electron chi connectivity index (χ3n) is 2.74. The van der Waals surface area contributed by atoms with Crippen molar-refractivity contribution in [1.82, 2.24) is 10.2 Å². The third kappa shape index (κ3) is 3.52. The summed E-state index contributed by atoms with van der Waals surface area (Å²) >= 11 is 0. The normalized spacial score (nSPS) is 22.3. The van der Waals surface area contributed by atoms with Crippen LogP contribution in [0.25, 0.3) is 0 Å². The first-order chi connectivity index (χ1) is 7.95. The van der Waals surface area contributed by atoms with E-state index in [1.54, 1.807) is 13.8 Å². The highest BCUT2D eigenvalue weighted by Crippen LogP contribution is 2.12. The van der Waals surface area contributed by atoms with E-state index in [4.69, 9.17) is 5.11 Å². The molecule has 0 aromatic rings. The third-order valence-corrected chi connectivity index (χ3v) is 2.74. The number of imide groups is 1. The Balaban J connectivity index is 2.67. The maximum Gasteiger partial charge on any atom is 0.249 e. The molecule has 2 atom stereocenters. The number of carbonyl (C=O) groups excluding carboxylic acids is 3. The molecular weight excluding hydrogens is 224 g/mol. The summed E-state index contributed by atoms with van der Waals surface area (Å²) in [6, 6.07) is -0.575. The van der Waals surface area contributed by atoms with Gasteiger partial charge in [0.05, 0.1) is 6.10 Å². The Bertz CT molecular complexity index is 327. The van der Waals surface area contributed by atoms with Crippen LogP contribution in [0.3, 0.4) is 0 Å². The van der Waals surface area contributed by atoms with Crippen molar-refractivity contribution in [3.8, 4) is 0 Å². The lowest BCUT2D eigenvalue weighted by molar-refractivity contribution is -0.150. The standard InChI is InChI=1S/C11H18N2O4/c1-3-8-11(17)12-9(15)6-13(8)10(16)5-4-7(2)14/h7-8,14H,3-6H2,1-2H3,(H,12,15,17). The summed E-state index contributed by atoms with van der Waals surface area (Å²) in [7, 11) is 0. The molecule has 1 rings (SSSR count). The van der Waals surface area contributed by atoms with Crippen LogP contribution in [-0.4, -0.2) is 46.4 Å². The predicted octanol–water partition coefficient (Wildman–Crippen LogP) is -0.589. The predicted molar refractivity (Wildman–Crippen MR) is 59.9 cm³/mol. The molecule has 96 valence electrons. The van der Waals surface area contributed by atoms with Crippen molar-refractivity contribution in [2.75, 3.05) is 6.54 Å². The number of amides is 3. The first kappa shape index (κ1) is 13.6. The first-order valence-corrected chi connectivity index (χ1v) is 5.77. The highest BCUT2D eigenvalue weighted by molar-refractivity contribution is 6.04. The van der Waals surface area contributed by atoms with Crippen LogP contribution in [0.15, 0.2) is 0 Å². The van der Waals surface area contributed by atoms with Gasteiger partial charge in [-0.25, -0.2) is 0 Å². The molecule has 6 nitrogen and oxygen atoms in total. The number of hydrogen-bond acceptors (Lipinski definition) is 4. The fourth-order valence-electron chi connectivity index (χ4n) is 1.81. The zero-order valence-corrected chi connectivity index (χ0v) is 10.1. The maximum atomic E-state index is 11.8. The Labute approximate surface area is 100.0 Å². The van der Waals surface area contributed by atoms with Gasteiger partial charge in [0.1, 0.15) is 12.6 Å². The summed E-state index contributed by atoms with van der Waals surface area (Å²) in [5.74, 6) is -1.14. The topological polar surface area (TPSA) is 86.7 Å². The minimum absolute atomic E-state index is 0.0805. The zero-order chi connectivity index (χ0) is 13.0. The van der Waals surface area contributed by atoms with Crippen LogP contribution in [0.1, 0.15) is 33.1 Å². The van der Waals surface area contributed by atoms with Gasteiger partial charge in [0.25, 0.3) is 0 Å². The van der Waals surface area contributed by atoms with Crippen LogP contribution in [0.5, 0.6) is 0 Å². The van der Waals surface area contributed by atoms with E-state index in [-0.39, 0.29) is 18.9 Å². The Morgan fingerprint density at radius 1 is 1.59 bits per heavy atom. The molecule has 3 amide bonds. The lowest BCUT2D eigenvalue weighted by Gasteiger charge is -2.33. The summed E-state index contributed by atoms with van der Waals surface area (Å²) < 4.78 is 0. The number of nitrogens with zero attached hydrogens (tertiary/aromatic N) is 1. The number of nitrogens with one attached hydrogen (secondary N) is 1. The summed E-state index contributed by atoms with van der Waals surface area (Å²) in [4.78, 5) is 35.9. The average Bonchev–Trinajstić information content (AvgIpc) is 2.24. The Hall–Kier alpha value is -1.43. The molecule has 6 heteroatoms. The molecule has 0 aromatic heterocycles. The molecule has 0 radical (unpaired) electrons. The largest absolute Gasteiger partial charge is 0.393 e. The number of aliphatic hydroxyl groups excluding tert-OH is 1.